The first-order valence-corrected chi connectivity index (χ1v) is 12.2. The van der Waals surface area contributed by atoms with Crippen molar-refractivity contribution in [2.45, 2.75) is 32.4 Å². The number of likely N-dealkylation sites (N-methyl/N-ethyl adjacent to an activating group) is 1. The number of nitrogens with zero attached hydrogens (tertiary/aromatic N) is 5. The van der Waals surface area contributed by atoms with Crippen LogP contribution < -0.4 is 10.2 Å². The van der Waals surface area contributed by atoms with Gasteiger partial charge >= 0.3 is 0 Å². The van der Waals surface area contributed by atoms with E-state index in [0.29, 0.717) is 23.5 Å². The van der Waals surface area contributed by atoms with Gasteiger partial charge in [0.2, 0.25) is 0 Å². The van der Waals surface area contributed by atoms with Crippen molar-refractivity contribution in [3.63, 3.8) is 0 Å². The molecule has 188 valence electrons. The van der Waals surface area contributed by atoms with Crippen LogP contribution in [0.2, 0.25) is 0 Å². The highest BCUT2D eigenvalue weighted by atomic mass is 19.1. The van der Waals surface area contributed by atoms with Crippen LogP contribution in [0, 0.1) is 11.6 Å². The topological polar surface area (TPSA) is 71.1 Å². The van der Waals surface area contributed by atoms with E-state index in [2.05, 4.69) is 43.2 Å². The molecule has 4 aromatic rings. The lowest BCUT2D eigenvalue weighted by atomic mass is 10.1. The van der Waals surface area contributed by atoms with E-state index in [-0.39, 0.29) is 12.6 Å². The van der Waals surface area contributed by atoms with Gasteiger partial charge in [0.15, 0.2) is 5.82 Å². The summed E-state index contributed by atoms with van der Waals surface area (Å²) in [6.07, 6.45) is 6.06. The number of hydrogen-bond donors (Lipinski definition) is 2. The highest BCUT2D eigenvalue weighted by Gasteiger charge is 2.24. The lowest BCUT2D eigenvalue weighted by Crippen LogP contribution is -2.24. The maximum atomic E-state index is 14.4. The highest BCUT2D eigenvalue weighted by molar-refractivity contribution is 5.72. The third-order valence-corrected chi connectivity index (χ3v) is 6.82. The van der Waals surface area contributed by atoms with E-state index in [1.807, 2.05) is 30.8 Å². The largest absolute Gasteiger partial charge is 0.395 e. The Balaban J connectivity index is 0.000000400. The minimum Gasteiger partial charge on any atom is -0.395 e. The number of rotatable bonds is 4. The van der Waals surface area contributed by atoms with Crippen LogP contribution in [0.4, 0.5) is 14.5 Å². The number of aromatic nitrogens is 4. The maximum Gasteiger partial charge on any atom is 0.185 e. The molecular formula is C27H30F2N6O. The molecule has 1 unspecified atom stereocenters. The molecule has 0 bridgehead atoms. The van der Waals surface area contributed by atoms with Crippen molar-refractivity contribution < 1.29 is 13.9 Å². The molecule has 0 amide bonds. The molecule has 36 heavy (non-hydrogen) atoms. The van der Waals surface area contributed by atoms with Crippen LogP contribution in [0.15, 0.2) is 55.0 Å². The summed E-state index contributed by atoms with van der Waals surface area (Å²) in [6, 6.07) is 12.3. The van der Waals surface area contributed by atoms with Crippen molar-refractivity contribution in [3.8, 4) is 28.3 Å². The third kappa shape index (κ3) is 4.64. The van der Waals surface area contributed by atoms with Gasteiger partial charge in [-0.1, -0.05) is 0 Å². The molecule has 0 radical (unpaired) electrons. The van der Waals surface area contributed by atoms with Crippen molar-refractivity contribution in [2.75, 3.05) is 31.6 Å². The minimum absolute atomic E-state index is 0.219. The van der Waals surface area contributed by atoms with Gasteiger partial charge < -0.3 is 19.9 Å². The fourth-order valence-electron chi connectivity index (χ4n) is 4.67. The average molecular weight is 493 g/mol. The zero-order valence-corrected chi connectivity index (χ0v) is 20.5. The van der Waals surface area contributed by atoms with Crippen LogP contribution in [0.25, 0.3) is 28.3 Å². The van der Waals surface area contributed by atoms with Gasteiger partial charge in [0.1, 0.15) is 18.0 Å². The van der Waals surface area contributed by atoms with Crippen LogP contribution in [0.3, 0.4) is 0 Å². The Hall–Kier alpha value is -3.56. The van der Waals surface area contributed by atoms with Crippen LogP contribution >= 0.6 is 0 Å². The first-order chi connectivity index (χ1) is 17.5. The van der Waals surface area contributed by atoms with E-state index in [1.54, 1.807) is 6.33 Å². The molecule has 0 spiro atoms. The number of hydrogen-bond acceptors (Lipinski definition) is 5. The Morgan fingerprint density at radius 2 is 1.89 bits per heavy atom. The zero-order valence-electron chi connectivity index (χ0n) is 20.5. The summed E-state index contributed by atoms with van der Waals surface area (Å²) in [7, 11) is 1.82. The molecule has 2 aromatic carbocycles. The number of benzene rings is 2. The second-order valence-corrected chi connectivity index (χ2v) is 9.27. The van der Waals surface area contributed by atoms with Gasteiger partial charge in [0.05, 0.1) is 18.0 Å². The van der Waals surface area contributed by atoms with Gasteiger partial charge in [-0.2, -0.15) is 0 Å². The van der Waals surface area contributed by atoms with E-state index < -0.39 is 11.6 Å². The van der Waals surface area contributed by atoms with E-state index in [9.17, 15) is 8.78 Å². The Morgan fingerprint density at radius 3 is 2.58 bits per heavy atom. The van der Waals surface area contributed by atoms with Crippen LogP contribution in [-0.2, 0) is 6.54 Å². The molecule has 0 saturated carbocycles. The number of fused-ring (bicyclic) bond motifs is 5. The number of anilines is 1. The van der Waals surface area contributed by atoms with Gasteiger partial charge in [-0.05, 0) is 68.8 Å². The molecule has 0 aliphatic carbocycles. The second-order valence-electron chi connectivity index (χ2n) is 9.27. The van der Waals surface area contributed by atoms with Gasteiger partial charge in [0, 0.05) is 54.8 Å². The zero-order chi connectivity index (χ0) is 25.2. The fraction of sp³-hybridized carbons (Fsp3) is 0.333. The standard InChI is InChI=1S/C23H19F2N5.C4H11NO/c24-17-3-5-19(20(25)11-17)15-10-22-23-27-26-14-30(23)21-6-4-18(28-7-1-2-8-28)9-16(21)13-29(22)12-15;1-4(3-6)5-2/h3-6,9-12,14H,1-2,7-8,13H2;4-6H,3H2,1-2H3. The molecule has 4 heterocycles. The van der Waals surface area contributed by atoms with E-state index in [0.717, 1.165) is 36.1 Å². The lowest BCUT2D eigenvalue weighted by Gasteiger charge is -2.20. The van der Waals surface area contributed by atoms with Crippen molar-refractivity contribution in [3.05, 3.63) is 72.2 Å². The molecule has 9 heteroatoms. The smallest absolute Gasteiger partial charge is 0.185 e. The molecule has 6 rings (SSSR count). The first kappa shape index (κ1) is 24.1. The van der Waals surface area contributed by atoms with E-state index in [4.69, 9.17) is 5.11 Å². The summed E-state index contributed by atoms with van der Waals surface area (Å²) >= 11 is 0. The Bertz CT molecular complexity index is 1350. The molecule has 7 nitrogen and oxygen atoms in total. The van der Waals surface area contributed by atoms with Crippen LogP contribution in [-0.4, -0.2) is 57.2 Å². The molecular weight excluding hydrogens is 462 g/mol. The number of aliphatic hydroxyl groups excluding tert-OH is 1. The average Bonchev–Trinajstić information content (AvgIpc) is 3.64. The van der Waals surface area contributed by atoms with Crippen molar-refractivity contribution in [2.24, 2.45) is 0 Å². The van der Waals surface area contributed by atoms with Gasteiger partial charge in [-0.25, -0.2) is 8.78 Å². The van der Waals surface area contributed by atoms with E-state index in [1.165, 1.54) is 30.7 Å². The Kier molecular flexibility index (Phi) is 6.84. The first-order valence-electron chi connectivity index (χ1n) is 12.2. The summed E-state index contributed by atoms with van der Waals surface area (Å²) < 4.78 is 31.8. The summed E-state index contributed by atoms with van der Waals surface area (Å²) in [5, 5.41) is 19.6. The van der Waals surface area contributed by atoms with Gasteiger partial charge in [0.25, 0.3) is 0 Å². The van der Waals surface area contributed by atoms with Gasteiger partial charge in [-0.3, -0.25) is 4.57 Å². The maximum absolute atomic E-state index is 14.4. The third-order valence-electron chi connectivity index (χ3n) is 6.82. The van der Waals surface area contributed by atoms with Crippen molar-refractivity contribution in [1.29, 1.82) is 0 Å². The summed E-state index contributed by atoms with van der Waals surface area (Å²) in [5.74, 6) is -0.453. The molecule has 2 aliphatic heterocycles. The lowest BCUT2D eigenvalue weighted by molar-refractivity contribution is 0.258. The molecule has 2 aromatic heterocycles. The molecule has 2 N–H and O–H groups in total. The monoisotopic (exact) mass is 492 g/mol. The normalized spacial score (nSPS) is 14.9. The number of halogens is 2. The highest BCUT2D eigenvalue weighted by Crippen LogP contribution is 2.36. The molecule has 1 atom stereocenters. The van der Waals surface area contributed by atoms with Crippen LogP contribution in [0.5, 0.6) is 0 Å². The predicted octanol–water partition coefficient (Wildman–Crippen LogP) is 4.23. The molecule has 1 saturated heterocycles. The Morgan fingerprint density at radius 1 is 1.08 bits per heavy atom. The van der Waals surface area contributed by atoms with Crippen molar-refractivity contribution in [1.82, 2.24) is 24.6 Å². The second kappa shape index (κ2) is 10.2. The van der Waals surface area contributed by atoms with Crippen molar-refractivity contribution >= 4 is 5.69 Å². The molecule has 2 aliphatic rings. The number of aliphatic hydroxyl groups is 1. The van der Waals surface area contributed by atoms with Crippen LogP contribution in [0.1, 0.15) is 25.3 Å². The Labute approximate surface area is 209 Å². The summed E-state index contributed by atoms with van der Waals surface area (Å²) in [6.45, 7) is 4.94. The summed E-state index contributed by atoms with van der Waals surface area (Å²) in [5.41, 5.74) is 5.34. The SMILES string of the molecule is CNC(C)CO.Fc1ccc(-c2cc3n(c2)Cc2cc(N4CCCC4)ccc2-n2cnnc2-3)c(F)c1. The van der Waals surface area contributed by atoms with E-state index >= 15 is 0 Å². The minimum atomic E-state index is -0.583. The predicted molar refractivity (Wildman–Crippen MR) is 136 cm³/mol. The van der Waals surface area contributed by atoms with Gasteiger partial charge in [-0.15, -0.1) is 10.2 Å². The number of nitrogens with one attached hydrogen (secondary N) is 1. The quantitative estimate of drug-likeness (QED) is 0.393. The summed E-state index contributed by atoms with van der Waals surface area (Å²) in [4.78, 5) is 2.41. The molecule has 1 fully saturated rings. The fourth-order valence-corrected chi connectivity index (χ4v) is 4.67.